The van der Waals surface area contributed by atoms with Gasteiger partial charge in [0.25, 0.3) is 0 Å². The molecule has 0 aliphatic carbocycles. The van der Waals surface area contributed by atoms with E-state index in [4.69, 9.17) is 9.47 Å². The summed E-state index contributed by atoms with van der Waals surface area (Å²) in [5.41, 5.74) is 0. The highest BCUT2D eigenvalue weighted by molar-refractivity contribution is 5.72. The normalized spacial score (nSPS) is 13.6. The van der Waals surface area contributed by atoms with Gasteiger partial charge in [0.15, 0.2) is 0 Å². The fourth-order valence-electron chi connectivity index (χ4n) is 2.99. The molecule has 28 heavy (non-hydrogen) atoms. The van der Waals surface area contributed by atoms with E-state index in [0.29, 0.717) is 37.4 Å². The lowest BCUT2D eigenvalue weighted by atomic mass is 9.90. The zero-order chi connectivity index (χ0) is 21.4. The predicted molar refractivity (Wildman–Crippen MR) is 116 cm³/mol. The number of esters is 2. The molecular weight excluding hydrogens is 352 g/mol. The van der Waals surface area contributed by atoms with Crippen molar-refractivity contribution in [2.45, 2.75) is 106 Å². The van der Waals surface area contributed by atoms with E-state index in [0.717, 1.165) is 19.3 Å². The van der Waals surface area contributed by atoms with Crippen LogP contribution in [0.5, 0.6) is 0 Å². The molecule has 0 fully saturated rings. The van der Waals surface area contributed by atoms with Crippen LogP contribution in [0.1, 0.15) is 106 Å². The summed E-state index contributed by atoms with van der Waals surface area (Å²) in [6.07, 6.45) is 11.1. The second-order valence-corrected chi connectivity index (χ2v) is 9.23. The van der Waals surface area contributed by atoms with Gasteiger partial charge in [0.05, 0.1) is 19.1 Å². The molecule has 0 aliphatic rings. The summed E-state index contributed by atoms with van der Waals surface area (Å²) in [7, 11) is 0. The Morgan fingerprint density at radius 2 is 1.11 bits per heavy atom. The molecule has 4 heteroatoms. The fraction of sp³-hybridized carbons (Fsp3) is 0.917. The summed E-state index contributed by atoms with van der Waals surface area (Å²) in [4.78, 5) is 23.5. The minimum atomic E-state index is -0.0508. The molecule has 0 rings (SSSR count). The Bertz CT molecular complexity index is 403. The van der Waals surface area contributed by atoms with Crippen molar-refractivity contribution >= 4 is 11.9 Å². The fourth-order valence-corrected chi connectivity index (χ4v) is 2.99. The van der Waals surface area contributed by atoms with E-state index in [9.17, 15) is 9.59 Å². The highest BCUT2D eigenvalue weighted by Gasteiger charge is 2.21. The van der Waals surface area contributed by atoms with Crippen LogP contribution >= 0.6 is 0 Å². The summed E-state index contributed by atoms with van der Waals surface area (Å²) in [6.45, 7) is 13.4. The van der Waals surface area contributed by atoms with Crippen molar-refractivity contribution < 1.29 is 19.1 Å². The van der Waals surface area contributed by atoms with E-state index < -0.39 is 0 Å². The minimum Gasteiger partial charge on any atom is -0.465 e. The predicted octanol–water partition coefficient (Wildman–Crippen LogP) is 6.56. The van der Waals surface area contributed by atoms with Gasteiger partial charge in [0.2, 0.25) is 0 Å². The maximum Gasteiger partial charge on any atom is 0.308 e. The second kappa shape index (κ2) is 16.9. The summed E-state index contributed by atoms with van der Waals surface area (Å²) in [5.74, 6) is 1.08. The average molecular weight is 399 g/mol. The first-order valence-corrected chi connectivity index (χ1v) is 11.6. The quantitative estimate of drug-likeness (QED) is 0.206. The van der Waals surface area contributed by atoms with Gasteiger partial charge in [-0.3, -0.25) is 9.59 Å². The lowest BCUT2D eigenvalue weighted by Crippen LogP contribution is -2.23. The Morgan fingerprint density at radius 3 is 1.64 bits per heavy atom. The largest absolute Gasteiger partial charge is 0.465 e. The molecule has 0 aliphatic heterocycles. The molecule has 0 amide bonds. The summed E-state index contributed by atoms with van der Waals surface area (Å²) >= 11 is 0. The van der Waals surface area contributed by atoms with E-state index in [1.54, 1.807) is 0 Å². The van der Waals surface area contributed by atoms with Gasteiger partial charge in [0, 0.05) is 6.42 Å². The van der Waals surface area contributed by atoms with Crippen LogP contribution in [0, 0.1) is 23.7 Å². The molecule has 2 atom stereocenters. The zero-order valence-corrected chi connectivity index (χ0v) is 19.4. The van der Waals surface area contributed by atoms with E-state index in [1.807, 2.05) is 6.92 Å². The highest BCUT2D eigenvalue weighted by Crippen LogP contribution is 2.21. The molecule has 0 bridgehead atoms. The van der Waals surface area contributed by atoms with Crippen LogP contribution in [0.2, 0.25) is 0 Å². The Kier molecular flexibility index (Phi) is 16.2. The molecule has 0 aromatic carbocycles. The van der Waals surface area contributed by atoms with Crippen LogP contribution in [0.3, 0.4) is 0 Å². The molecule has 0 spiro atoms. The first-order chi connectivity index (χ1) is 13.2. The maximum atomic E-state index is 12.0. The van der Waals surface area contributed by atoms with Crippen molar-refractivity contribution in [1.29, 1.82) is 0 Å². The highest BCUT2D eigenvalue weighted by atomic mass is 16.5. The Morgan fingerprint density at radius 1 is 0.643 bits per heavy atom. The third kappa shape index (κ3) is 15.9. The smallest absolute Gasteiger partial charge is 0.308 e. The van der Waals surface area contributed by atoms with Crippen molar-refractivity contribution in [2.75, 3.05) is 13.2 Å². The lowest BCUT2D eigenvalue weighted by Gasteiger charge is -2.19. The monoisotopic (exact) mass is 398 g/mol. The standard InChI is InChI=1S/C24H46O4/c1-19(2)17-27-23(25)16-14-12-10-8-7-9-11-13-15-21(5)22(6)24(26)28-18-20(3)4/h19-22H,7-18H2,1-6H3. The molecule has 4 nitrogen and oxygen atoms in total. The van der Waals surface area contributed by atoms with Crippen molar-refractivity contribution in [2.24, 2.45) is 23.7 Å². The molecule has 0 N–H and O–H groups in total. The Balaban J connectivity index is 3.51. The molecule has 0 aromatic heterocycles. The molecule has 0 saturated heterocycles. The van der Waals surface area contributed by atoms with Gasteiger partial charge in [-0.1, -0.05) is 86.5 Å². The number of hydrogen-bond donors (Lipinski definition) is 0. The van der Waals surface area contributed by atoms with Crippen LogP contribution in [0.25, 0.3) is 0 Å². The Hall–Kier alpha value is -1.06. The van der Waals surface area contributed by atoms with Crippen LogP contribution in [-0.2, 0) is 19.1 Å². The van der Waals surface area contributed by atoms with Gasteiger partial charge >= 0.3 is 11.9 Å². The first-order valence-electron chi connectivity index (χ1n) is 11.6. The summed E-state index contributed by atoms with van der Waals surface area (Å²) < 4.78 is 10.5. The van der Waals surface area contributed by atoms with Crippen LogP contribution in [-0.4, -0.2) is 25.2 Å². The number of hydrogen-bond acceptors (Lipinski definition) is 4. The number of rotatable bonds is 17. The second-order valence-electron chi connectivity index (χ2n) is 9.23. The molecular formula is C24H46O4. The van der Waals surface area contributed by atoms with Crippen molar-refractivity contribution in [1.82, 2.24) is 0 Å². The van der Waals surface area contributed by atoms with E-state index in [1.165, 1.54) is 38.5 Å². The molecule has 0 saturated carbocycles. The molecule has 2 unspecified atom stereocenters. The topological polar surface area (TPSA) is 52.6 Å². The maximum absolute atomic E-state index is 12.0. The van der Waals surface area contributed by atoms with Crippen molar-refractivity contribution in [3.05, 3.63) is 0 Å². The van der Waals surface area contributed by atoms with Crippen LogP contribution in [0.15, 0.2) is 0 Å². The minimum absolute atomic E-state index is 0.00835. The third-order valence-corrected chi connectivity index (χ3v) is 5.15. The molecule has 0 aromatic rings. The van der Waals surface area contributed by atoms with Gasteiger partial charge in [-0.2, -0.15) is 0 Å². The first kappa shape index (κ1) is 26.9. The molecule has 166 valence electrons. The van der Waals surface area contributed by atoms with Crippen LogP contribution < -0.4 is 0 Å². The van der Waals surface area contributed by atoms with Gasteiger partial charge in [-0.05, 0) is 30.6 Å². The van der Waals surface area contributed by atoms with Gasteiger partial charge < -0.3 is 9.47 Å². The number of ether oxygens (including phenoxy) is 2. The van der Waals surface area contributed by atoms with E-state index >= 15 is 0 Å². The average Bonchev–Trinajstić information content (AvgIpc) is 2.64. The molecule has 0 radical (unpaired) electrons. The van der Waals surface area contributed by atoms with Gasteiger partial charge in [-0.25, -0.2) is 0 Å². The molecule has 0 heterocycles. The number of unbranched alkanes of at least 4 members (excludes halogenated alkanes) is 7. The third-order valence-electron chi connectivity index (χ3n) is 5.15. The lowest BCUT2D eigenvalue weighted by molar-refractivity contribution is -0.150. The van der Waals surface area contributed by atoms with Crippen molar-refractivity contribution in [3.8, 4) is 0 Å². The van der Waals surface area contributed by atoms with Gasteiger partial charge in [-0.15, -0.1) is 0 Å². The van der Waals surface area contributed by atoms with Crippen LogP contribution in [0.4, 0.5) is 0 Å². The SMILES string of the molecule is CC(C)COC(=O)CCCCCCCCCCC(C)C(C)C(=O)OCC(C)C. The zero-order valence-electron chi connectivity index (χ0n) is 19.4. The number of carbonyl (C=O) groups excluding carboxylic acids is 2. The van der Waals surface area contributed by atoms with Gasteiger partial charge in [0.1, 0.15) is 0 Å². The van der Waals surface area contributed by atoms with E-state index in [-0.39, 0.29) is 17.9 Å². The van der Waals surface area contributed by atoms with Crippen molar-refractivity contribution in [3.63, 3.8) is 0 Å². The van der Waals surface area contributed by atoms with E-state index in [2.05, 4.69) is 34.6 Å². The summed E-state index contributed by atoms with van der Waals surface area (Å²) in [5, 5.41) is 0. The summed E-state index contributed by atoms with van der Waals surface area (Å²) in [6, 6.07) is 0. The number of carbonyl (C=O) groups is 2. The Labute approximate surface area is 174 Å².